The van der Waals surface area contributed by atoms with Gasteiger partial charge in [-0.3, -0.25) is 20.4 Å². The lowest BCUT2D eigenvalue weighted by Gasteiger charge is -2.09. The molecule has 2 amide bonds. The van der Waals surface area contributed by atoms with Crippen LogP contribution in [-0.4, -0.2) is 32.6 Å². The number of nitrogens with one attached hydrogen (secondary N) is 2. The number of aryl methyl sites for hydroxylation is 1. The Kier molecular flexibility index (Phi) is 7.88. The summed E-state index contributed by atoms with van der Waals surface area (Å²) < 4.78 is 16.5. The van der Waals surface area contributed by atoms with E-state index < -0.39 is 11.8 Å². The molecular weight excluding hydrogens is 428 g/mol. The molecule has 28 heavy (non-hydrogen) atoms. The summed E-state index contributed by atoms with van der Waals surface area (Å²) in [4.78, 5) is 23.7. The molecule has 148 valence electrons. The quantitative estimate of drug-likeness (QED) is 0.502. The average Bonchev–Trinajstić information content (AvgIpc) is 2.69. The van der Waals surface area contributed by atoms with Crippen LogP contribution < -0.4 is 25.1 Å². The first kappa shape index (κ1) is 21.3. The van der Waals surface area contributed by atoms with Crippen LogP contribution in [0, 0.1) is 6.92 Å². The fourth-order valence-corrected chi connectivity index (χ4v) is 2.81. The highest BCUT2D eigenvalue weighted by molar-refractivity contribution is 9.10. The number of methoxy groups -OCH3 is 2. The van der Waals surface area contributed by atoms with Crippen molar-refractivity contribution in [3.8, 4) is 17.2 Å². The van der Waals surface area contributed by atoms with Crippen LogP contribution in [-0.2, 0) is 9.59 Å². The number of ether oxygens (including phenoxy) is 3. The summed E-state index contributed by atoms with van der Waals surface area (Å²) in [6.07, 6.45) is 2.88. The molecule has 0 aliphatic carbocycles. The van der Waals surface area contributed by atoms with Crippen molar-refractivity contribution in [1.82, 2.24) is 10.9 Å². The molecule has 0 spiro atoms. The third-order valence-electron chi connectivity index (χ3n) is 3.61. The summed E-state index contributed by atoms with van der Waals surface area (Å²) in [6, 6.07) is 10.8. The maximum atomic E-state index is 11.8. The van der Waals surface area contributed by atoms with Crippen LogP contribution in [0.5, 0.6) is 17.2 Å². The van der Waals surface area contributed by atoms with Crippen LogP contribution in [0.3, 0.4) is 0 Å². The minimum Gasteiger partial charge on any atom is -0.493 e. The van der Waals surface area contributed by atoms with Crippen molar-refractivity contribution in [3.05, 3.63) is 58.1 Å². The average molecular weight is 449 g/mol. The van der Waals surface area contributed by atoms with Gasteiger partial charge in [0.05, 0.1) is 18.7 Å². The van der Waals surface area contributed by atoms with Gasteiger partial charge in [0, 0.05) is 6.08 Å². The van der Waals surface area contributed by atoms with E-state index in [9.17, 15) is 9.59 Å². The molecule has 2 rings (SSSR count). The first-order chi connectivity index (χ1) is 13.4. The number of benzene rings is 2. The maximum Gasteiger partial charge on any atom is 0.276 e. The number of rotatable bonds is 7. The van der Waals surface area contributed by atoms with Crippen LogP contribution in [0.1, 0.15) is 11.1 Å². The number of hydrogen-bond donors (Lipinski definition) is 2. The fraction of sp³-hybridized carbons (Fsp3) is 0.200. The Morgan fingerprint density at radius 1 is 1.00 bits per heavy atom. The minimum atomic E-state index is -0.486. The van der Waals surface area contributed by atoms with Crippen LogP contribution in [0.25, 0.3) is 6.08 Å². The second kappa shape index (κ2) is 10.4. The second-order valence-electron chi connectivity index (χ2n) is 5.71. The summed E-state index contributed by atoms with van der Waals surface area (Å²) in [5.41, 5.74) is 6.39. The first-order valence-electron chi connectivity index (χ1n) is 8.31. The van der Waals surface area contributed by atoms with Gasteiger partial charge in [0.15, 0.2) is 18.1 Å². The highest BCUT2D eigenvalue weighted by Crippen LogP contribution is 2.28. The van der Waals surface area contributed by atoms with Gasteiger partial charge in [-0.05, 0) is 64.3 Å². The molecule has 2 aromatic rings. The Hall–Kier alpha value is -3.00. The zero-order valence-corrected chi connectivity index (χ0v) is 17.3. The van der Waals surface area contributed by atoms with Crippen molar-refractivity contribution in [2.45, 2.75) is 6.92 Å². The minimum absolute atomic E-state index is 0.235. The largest absolute Gasteiger partial charge is 0.493 e. The van der Waals surface area contributed by atoms with E-state index in [-0.39, 0.29) is 6.61 Å². The maximum absolute atomic E-state index is 11.8. The van der Waals surface area contributed by atoms with Crippen molar-refractivity contribution in [3.63, 3.8) is 0 Å². The van der Waals surface area contributed by atoms with Gasteiger partial charge in [-0.1, -0.05) is 12.1 Å². The van der Waals surface area contributed by atoms with Gasteiger partial charge < -0.3 is 14.2 Å². The molecule has 0 aliphatic rings. The van der Waals surface area contributed by atoms with E-state index >= 15 is 0 Å². The number of hydrogen-bond acceptors (Lipinski definition) is 5. The van der Waals surface area contributed by atoms with Gasteiger partial charge in [-0.25, -0.2) is 0 Å². The van der Waals surface area contributed by atoms with E-state index in [0.717, 1.165) is 15.6 Å². The van der Waals surface area contributed by atoms with E-state index in [2.05, 4.69) is 26.8 Å². The van der Waals surface area contributed by atoms with E-state index in [1.807, 2.05) is 19.1 Å². The molecule has 0 atom stereocenters. The predicted octanol–water partition coefficient (Wildman–Crippen LogP) is 3.01. The summed E-state index contributed by atoms with van der Waals surface area (Å²) in [5.74, 6) is 0.717. The molecule has 0 unspecified atom stereocenters. The normalized spacial score (nSPS) is 10.4. The highest BCUT2D eigenvalue weighted by atomic mass is 79.9. The van der Waals surface area contributed by atoms with Crippen molar-refractivity contribution in [2.75, 3.05) is 20.8 Å². The standard InChI is InChI=1S/C20H21BrN2O5/c1-13-4-7-16(15(21)10-13)28-12-20(25)23-22-19(24)9-6-14-5-8-17(26-2)18(11-14)27-3/h4-11H,12H2,1-3H3,(H,22,24)(H,23,25). The first-order valence-corrected chi connectivity index (χ1v) is 9.10. The number of amides is 2. The third-order valence-corrected chi connectivity index (χ3v) is 4.23. The van der Waals surface area contributed by atoms with Crippen molar-refractivity contribution in [2.24, 2.45) is 0 Å². The zero-order valence-electron chi connectivity index (χ0n) is 15.7. The lowest BCUT2D eigenvalue weighted by Crippen LogP contribution is -2.43. The van der Waals surface area contributed by atoms with Crippen molar-refractivity contribution >= 4 is 33.8 Å². The summed E-state index contributed by atoms with van der Waals surface area (Å²) >= 11 is 3.37. The van der Waals surface area contributed by atoms with Crippen LogP contribution >= 0.6 is 15.9 Å². The molecule has 8 heteroatoms. The Bertz CT molecular complexity index is 883. The number of halogens is 1. The Morgan fingerprint density at radius 3 is 2.39 bits per heavy atom. The highest BCUT2D eigenvalue weighted by Gasteiger charge is 2.07. The molecule has 2 aromatic carbocycles. The Balaban J connectivity index is 1.81. The van der Waals surface area contributed by atoms with Gasteiger partial charge >= 0.3 is 0 Å². The molecule has 0 fully saturated rings. The van der Waals surface area contributed by atoms with E-state index in [0.29, 0.717) is 17.2 Å². The lowest BCUT2D eigenvalue weighted by atomic mass is 10.2. The van der Waals surface area contributed by atoms with E-state index in [1.54, 1.807) is 37.5 Å². The lowest BCUT2D eigenvalue weighted by molar-refractivity contribution is -0.128. The number of carbonyl (C=O) groups excluding carboxylic acids is 2. The van der Waals surface area contributed by atoms with Crippen molar-refractivity contribution < 1.29 is 23.8 Å². The Labute approximate surface area is 171 Å². The molecule has 0 aliphatic heterocycles. The predicted molar refractivity (Wildman–Crippen MR) is 109 cm³/mol. The molecule has 0 radical (unpaired) electrons. The molecule has 0 bridgehead atoms. The van der Waals surface area contributed by atoms with Gasteiger partial charge in [0.25, 0.3) is 11.8 Å². The van der Waals surface area contributed by atoms with Gasteiger partial charge in [0.1, 0.15) is 5.75 Å². The Morgan fingerprint density at radius 2 is 1.71 bits per heavy atom. The van der Waals surface area contributed by atoms with E-state index in [4.69, 9.17) is 14.2 Å². The molecule has 0 aromatic heterocycles. The van der Waals surface area contributed by atoms with E-state index in [1.165, 1.54) is 13.2 Å². The molecule has 0 saturated heterocycles. The number of hydrazine groups is 1. The second-order valence-corrected chi connectivity index (χ2v) is 6.56. The molecule has 0 saturated carbocycles. The number of carbonyl (C=O) groups is 2. The van der Waals surface area contributed by atoms with Crippen LogP contribution in [0.15, 0.2) is 46.9 Å². The molecular formula is C20H21BrN2O5. The van der Waals surface area contributed by atoms with Crippen LogP contribution in [0.4, 0.5) is 0 Å². The summed E-state index contributed by atoms with van der Waals surface area (Å²) in [5, 5.41) is 0. The monoisotopic (exact) mass is 448 g/mol. The summed E-state index contributed by atoms with van der Waals surface area (Å²) in [7, 11) is 3.08. The van der Waals surface area contributed by atoms with Gasteiger partial charge in [0.2, 0.25) is 0 Å². The zero-order chi connectivity index (χ0) is 20.5. The molecule has 0 heterocycles. The third kappa shape index (κ3) is 6.31. The molecule has 7 nitrogen and oxygen atoms in total. The topological polar surface area (TPSA) is 85.9 Å². The van der Waals surface area contributed by atoms with Gasteiger partial charge in [-0.2, -0.15) is 0 Å². The van der Waals surface area contributed by atoms with Crippen molar-refractivity contribution in [1.29, 1.82) is 0 Å². The molecule has 2 N–H and O–H groups in total. The smallest absolute Gasteiger partial charge is 0.276 e. The summed E-state index contributed by atoms with van der Waals surface area (Å²) in [6.45, 7) is 1.72. The van der Waals surface area contributed by atoms with Crippen LogP contribution in [0.2, 0.25) is 0 Å². The van der Waals surface area contributed by atoms with Gasteiger partial charge in [-0.15, -0.1) is 0 Å². The SMILES string of the molecule is COc1ccc(C=CC(=O)NNC(=O)COc2ccc(C)cc2Br)cc1OC. The fourth-order valence-electron chi connectivity index (χ4n) is 2.20.